The second kappa shape index (κ2) is 4.84. The van der Waals surface area contributed by atoms with Gasteiger partial charge in [0.05, 0.1) is 0 Å². The fraction of sp³-hybridized carbons (Fsp3) is 1.00. The summed E-state index contributed by atoms with van der Waals surface area (Å²) in [5.41, 5.74) is 0.606. The molecule has 1 atom stereocenters. The summed E-state index contributed by atoms with van der Waals surface area (Å²) in [5, 5.41) is 3.61. The third-order valence-electron chi connectivity index (χ3n) is 4.05. The highest BCUT2D eigenvalue weighted by Gasteiger charge is 2.41. The Kier molecular flexibility index (Phi) is 3.68. The van der Waals surface area contributed by atoms with Crippen molar-refractivity contribution in [1.82, 2.24) is 5.32 Å². The Morgan fingerprint density at radius 3 is 2.73 bits per heavy atom. The minimum absolute atomic E-state index is 0.606. The molecule has 0 aromatic carbocycles. The van der Waals surface area contributed by atoms with Crippen molar-refractivity contribution in [3.8, 4) is 0 Å². The molecule has 2 fully saturated rings. The lowest BCUT2D eigenvalue weighted by molar-refractivity contribution is 0.121. The summed E-state index contributed by atoms with van der Waals surface area (Å²) in [6, 6.07) is 0.681. The smallest absolute Gasteiger partial charge is 0.0494 e. The minimum Gasteiger partial charge on any atom is -0.381 e. The Balaban J connectivity index is 1.40. The van der Waals surface area contributed by atoms with Gasteiger partial charge in [-0.3, -0.25) is 0 Å². The summed E-state index contributed by atoms with van der Waals surface area (Å²) < 4.78 is 5.60. The van der Waals surface area contributed by atoms with E-state index in [1.807, 2.05) is 0 Å². The van der Waals surface area contributed by atoms with Crippen LogP contribution in [-0.4, -0.2) is 25.8 Å². The van der Waals surface area contributed by atoms with Crippen LogP contribution >= 0.6 is 0 Å². The van der Waals surface area contributed by atoms with E-state index in [4.69, 9.17) is 4.74 Å². The molecule has 2 aliphatic carbocycles. The van der Waals surface area contributed by atoms with Gasteiger partial charge in [0.15, 0.2) is 0 Å². The second-order valence-corrected chi connectivity index (χ2v) is 5.70. The van der Waals surface area contributed by atoms with Crippen LogP contribution in [-0.2, 0) is 4.74 Å². The van der Waals surface area contributed by atoms with Gasteiger partial charge in [-0.15, -0.1) is 0 Å². The van der Waals surface area contributed by atoms with Crippen molar-refractivity contribution in [2.24, 2.45) is 11.3 Å². The molecule has 0 aromatic rings. The summed E-state index contributed by atoms with van der Waals surface area (Å²) >= 11 is 0. The molecule has 2 saturated carbocycles. The van der Waals surface area contributed by atoms with Gasteiger partial charge in [-0.1, -0.05) is 6.92 Å². The van der Waals surface area contributed by atoms with E-state index in [-0.39, 0.29) is 0 Å². The van der Waals surface area contributed by atoms with Gasteiger partial charge >= 0.3 is 0 Å². The summed E-state index contributed by atoms with van der Waals surface area (Å²) in [6.45, 7) is 7.76. The summed E-state index contributed by atoms with van der Waals surface area (Å²) in [7, 11) is 0. The monoisotopic (exact) mass is 211 g/mol. The molecule has 2 heteroatoms. The minimum atomic E-state index is 0.606. The number of nitrogens with one attached hydrogen (secondary N) is 1. The molecule has 2 rings (SSSR count). The molecule has 0 radical (unpaired) electrons. The summed E-state index contributed by atoms with van der Waals surface area (Å²) in [6.07, 6.45) is 6.76. The van der Waals surface area contributed by atoms with E-state index in [9.17, 15) is 0 Å². The molecule has 0 aromatic heterocycles. The van der Waals surface area contributed by atoms with Gasteiger partial charge < -0.3 is 10.1 Å². The van der Waals surface area contributed by atoms with Crippen LogP contribution in [0.25, 0.3) is 0 Å². The van der Waals surface area contributed by atoms with Crippen molar-refractivity contribution in [1.29, 1.82) is 0 Å². The summed E-state index contributed by atoms with van der Waals surface area (Å²) in [5.74, 6) is 0.905. The van der Waals surface area contributed by atoms with Crippen LogP contribution in [0.1, 0.15) is 46.0 Å². The maximum atomic E-state index is 5.60. The van der Waals surface area contributed by atoms with E-state index in [0.717, 1.165) is 32.1 Å². The molecule has 1 unspecified atom stereocenters. The van der Waals surface area contributed by atoms with Gasteiger partial charge in [-0.05, 0) is 56.9 Å². The lowest BCUT2D eigenvalue weighted by Gasteiger charge is -2.20. The van der Waals surface area contributed by atoms with Gasteiger partial charge in [0.1, 0.15) is 0 Å². The first kappa shape index (κ1) is 11.4. The number of rotatable bonds is 8. The predicted molar refractivity (Wildman–Crippen MR) is 63.0 cm³/mol. The van der Waals surface area contributed by atoms with Crippen molar-refractivity contribution < 1.29 is 4.74 Å². The average molecular weight is 211 g/mol. The van der Waals surface area contributed by atoms with Crippen LogP contribution in [0.2, 0.25) is 0 Å². The first-order valence-electron chi connectivity index (χ1n) is 6.52. The van der Waals surface area contributed by atoms with E-state index in [1.165, 1.54) is 25.7 Å². The van der Waals surface area contributed by atoms with E-state index >= 15 is 0 Å². The highest BCUT2D eigenvalue weighted by Crippen LogP contribution is 2.47. The van der Waals surface area contributed by atoms with Crippen LogP contribution in [0.4, 0.5) is 0 Å². The third-order valence-corrected chi connectivity index (χ3v) is 4.05. The molecule has 2 aliphatic rings. The normalized spacial score (nSPS) is 25.2. The highest BCUT2D eigenvalue weighted by molar-refractivity contribution is 4.96. The van der Waals surface area contributed by atoms with Gasteiger partial charge in [-0.2, -0.15) is 0 Å². The van der Waals surface area contributed by atoms with Gasteiger partial charge in [-0.25, -0.2) is 0 Å². The van der Waals surface area contributed by atoms with Crippen molar-refractivity contribution in [3.05, 3.63) is 0 Å². The van der Waals surface area contributed by atoms with Gasteiger partial charge in [0, 0.05) is 19.3 Å². The Morgan fingerprint density at radius 2 is 2.13 bits per heavy atom. The lowest BCUT2D eigenvalue weighted by Crippen LogP contribution is -2.34. The molecule has 1 N–H and O–H groups in total. The summed E-state index contributed by atoms with van der Waals surface area (Å²) in [4.78, 5) is 0. The number of ether oxygens (including phenoxy) is 1. The maximum Gasteiger partial charge on any atom is 0.0494 e. The van der Waals surface area contributed by atoms with E-state index in [0.29, 0.717) is 11.5 Å². The molecule has 0 spiro atoms. The van der Waals surface area contributed by atoms with E-state index in [1.54, 1.807) is 0 Å². The average Bonchev–Trinajstić information content (AvgIpc) is 3.08. The molecule has 2 nitrogen and oxygen atoms in total. The van der Waals surface area contributed by atoms with Crippen LogP contribution in [0.5, 0.6) is 0 Å². The molecule has 15 heavy (non-hydrogen) atoms. The standard InChI is InChI=1S/C13H25NO/c1-11(13(2)6-7-13)14-8-3-9-15-10-12-4-5-12/h11-12,14H,3-10H2,1-2H3. The van der Waals surface area contributed by atoms with E-state index in [2.05, 4.69) is 19.2 Å². The first-order chi connectivity index (χ1) is 7.21. The number of hydrogen-bond donors (Lipinski definition) is 1. The molecular formula is C13H25NO. The van der Waals surface area contributed by atoms with Crippen molar-refractivity contribution >= 4 is 0 Å². The van der Waals surface area contributed by atoms with Gasteiger partial charge in [0.25, 0.3) is 0 Å². The lowest BCUT2D eigenvalue weighted by atomic mass is 10.0. The van der Waals surface area contributed by atoms with Gasteiger partial charge in [0.2, 0.25) is 0 Å². The fourth-order valence-electron chi connectivity index (χ4n) is 1.90. The topological polar surface area (TPSA) is 21.3 Å². The van der Waals surface area contributed by atoms with Crippen LogP contribution in [0, 0.1) is 11.3 Å². The van der Waals surface area contributed by atoms with E-state index < -0.39 is 0 Å². The molecule has 88 valence electrons. The second-order valence-electron chi connectivity index (χ2n) is 5.70. The molecule has 0 saturated heterocycles. The molecular weight excluding hydrogens is 186 g/mol. The quantitative estimate of drug-likeness (QED) is 0.623. The SMILES string of the molecule is CC(NCCCOCC1CC1)C1(C)CC1. The Morgan fingerprint density at radius 1 is 1.40 bits per heavy atom. The zero-order chi connectivity index (χ0) is 10.7. The predicted octanol–water partition coefficient (Wildman–Crippen LogP) is 2.58. The zero-order valence-electron chi connectivity index (χ0n) is 10.2. The zero-order valence-corrected chi connectivity index (χ0v) is 10.2. The van der Waals surface area contributed by atoms with Crippen molar-refractivity contribution in [3.63, 3.8) is 0 Å². The third kappa shape index (κ3) is 3.76. The molecule has 0 bridgehead atoms. The first-order valence-corrected chi connectivity index (χ1v) is 6.52. The largest absolute Gasteiger partial charge is 0.381 e. The van der Waals surface area contributed by atoms with Crippen molar-refractivity contribution in [2.75, 3.05) is 19.8 Å². The molecule has 0 amide bonds. The van der Waals surface area contributed by atoms with Crippen LogP contribution in [0.15, 0.2) is 0 Å². The van der Waals surface area contributed by atoms with Crippen LogP contribution < -0.4 is 5.32 Å². The molecule has 0 aliphatic heterocycles. The maximum absolute atomic E-state index is 5.60. The number of hydrogen-bond acceptors (Lipinski definition) is 2. The Labute approximate surface area is 93.8 Å². The van der Waals surface area contributed by atoms with Crippen LogP contribution in [0.3, 0.4) is 0 Å². The Hall–Kier alpha value is -0.0800. The van der Waals surface area contributed by atoms with Crippen molar-refractivity contribution in [2.45, 2.75) is 52.0 Å². The Bertz CT molecular complexity index is 197. The highest BCUT2D eigenvalue weighted by atomic mass is 16.5. The fourth-order valence-corrected chi connectivity index (χ4v) is 1.90. The molecule has 0 heterocycles.